The summed E-state index contributed by atoms with van der Waals surface area (Å²) in [5.74, 6) is 1.01. The van der Waals surface area contributed by atoms with E-state index in [1.54, 1.807) is 5.56 Å². The predicted molar refractivity (Wildman–Crippen MR) is 80.0 cm³/mol. The Kier molecular flexibility index (Phi) is 5.77. The van der Waals surface area contributed by atoms with Crippen LogP contribution in [0.4, 0.5) is 0 Å². The van der Waals surface area contributed by atoms with Crippen LogP contribution in [0.5, 0.6) is 0 Å². The van der Waals surface area contributed by atoms with Crippen molar-refractivity contribution in [3.8, 4) is 0 Å². The minimum Gasteiger partial charge on any atom is -0.0654 e. The fourth-order valence-corrected chi connectivity index (χ4v) is 3.10. The van der Waals surface area contributed by atoms with Crippen molar-refractivity contribution in [3.63, 3.8) is 0 Å². The Balaban J connectivity index is 1.75. The van der Waals surface area contributed by atoms with Gasteiger partial charge in [0.1, 0.15) is 0 Å². The van der Waals surface area contributed by atoms with Crippen molar-refractivity contribution < 1.29 is 0 Å². The molecule has 18 heavy (non-hydrogen) atoms. The molecule has 1 aromatic carbocycles. The Morgan fingerprint density at radius 3 is 2.11 bits per heavy atom. The molecule has 0 N–H and O–H groups in total. The van der Waals surface area contributed by atoms with Crippen molar-refractivity contribution in [2.24, 2.45) is 5.92 Å². The van der Waals surface area contributed by atoms with Crippen LogP contribution < -0.4 is 0 Å². The molecular weight excluding hydrogens is 216 g/mol. The minimum absolute atomic E-state index is 1.01. The van der Waals surface area contributed by atoms with Crippen molar-refractivity contribution >= 4 is 0 Å². The molecule has 2 rings (SSSR count). The lowest BCUT2D eigenvalue weighted by Crippen LogP contribution is -2.07. The zero-order chi connectivity index (χ0) is 12.6. The topological polar surface area (TPSA) is 0 Å². The van der Waals surface area contributed by atoms with Gasteiger partial charge in [-0.15, -0.1) is 0 Å². The van der Waals surface area contributed by atoms with Crippen LogP contribution >= 0.6 is 0 Å². The Morgan fingerprint density at radius 2 is 1.50 bits per heavy atom. The fourth-order valence-electron chi connectivity index (χ4n) is 3.10. The Morgan fingerprint density at radius 1 is 0.889 bits per heavy atom. The van der Waals surface area contributed by atoms with E-state index < -0.39 is 0 Å². The highest BCUT2D eigenvalue weighted by Gasteiger charge is 2.12. The van der Waals surface area contributed by atoms with Gasteiger partial charge < -0.3 is 0 Å². The van der Waals surface area contributed by atoms with Crippen LogP contribution in [0.1, 0.15) is 69.4 Å². The van der Waals surface area contributed by atoms with Gasteiger partial charge in [-0.05, 0) is 42.7 Å². The van der Waals surface area contributed by atoms with Crippen molar-refractivity contribution in [2.75, 3.05) is 0 Å². The highest BCUT2D eigenvalue weighted by Crippen LogP contribution is 2.27. The molecule has 0 saturated heterocycles. The van der Waals surface area contributed by atoms with Crippen LogP contribution in [0.2, 0.25) is 0 Å². The van der Waals surface area contributed by atoms with Crippen molar-refractivity contribution in [2.45, 2.75) is 71.1 Å². The van der Waals surface area contributed by atoms with E-state index in [0.717, 1.165) is 5.92 Å². The van der Waals surface area contributed by atoms with E-state index in [0.29, 0.717) is 0 Å². The minimum atomic E-state index is 1.01. The van der Waals surface area contributed by atoms with E-state index >= 15 is 0 Å². The molecule has 0 amide bonds. The quantitative estimate of drug-likeness (QED) is 0.616. The molecule has 1 aliphatic rings. The zero-order valence-corrected chi connectivity index (χ0v) is 12.0. The van der Waals surface area contributed by atoms with E-state index in [-0.39, 0.29) is 0 Å². The van der Waals surface area contributed by atoms with Crippen LogP contribution in [0.3, 0.4) is 0 Å². The first-order chi connectivity index (χ1) is 8.88. The van der Waals surface area contributed by atoms with Crippen LogP contribution in [0.15, 0.2) is 24.3 Å². The third-order valence-corrected chi connectivity index (χ3v) is 4.41. The number of rotatable bonds is 6. The largest absolute Gasteiger partial charge is 0.0654 e. The Labute approximate surface area is 113 Å². The second-order valence-electron chi connectivity index (χ2n) is 5.96. The summed E-state index contributed by atoms with van der Waals surface area (Å²) < 4.78 is 0. The summed E-state index contributed by atoms with van der Waals surface area (Å²) in [6, 6.07) is 9.39. The number of unbranched alkanes of at least 4 members (excludes halogenated alkanes) is 1. The number of hydrogen-bond donors (Lipinski definition) is 0. The zero-order valence-electron chi connectivity index (χ0n) is 12.0. The van der Waals surface area contributed by atoms with Gasteiger partial charge in [0.05, 0.1) is 0 Å². The lowest BCUT2D eigenvalue weighted by molar-refractivity contribution is 0.339. The second-order valence-corrected chi connectivity index (χ2v) is 5.96. The van der Waals surface area contributed by atoms with Gasteiger partial charge in [-0.1, -0.05) is 69.7 Å². The van der Waals surface area contributed by atoms with E-state index in [9.17, 15) is 0 Å². The average molecular weight is 244 g/mol. The molecule has 0 aromatic heterocycles. The van der Waals surface area contributed by atoms with Crippen molar-refractivity contribution in [3.05, 3.63) is 35.4 Å². The lowest BCUT2D eigenvalue weighted by atomic mass is 9.85. The molecule has 100 valence electrons. The summed E-state index contributed by atoms with van der Waals surface area (Å²) >= 11 is 0. The molecule has 0 aliphatic heterocycles. The molecule has 0 spiro atoms. The Bertz CT molecular complexity index is 316. The molecule has 1 saturated carbocycles. The third-order valence-electron chi connectivity index (χ3n) is 4.41. The first kappa shape index (κ1) is 13.6. The second kappa shape index (κ2) is 7.61. The molecule has 0 heterocycles. The number of benzene rings is 1. The third kappa shape index (κ3) is 4.48. The summed E-state index contributed by atoms with van der Waals surface area (Å²) in [7, 11) is 0. The first-order valence-electron chi connectivity index (χ1n) is 7.96. The first-order valence-corrected chi connectivity index (χ1v) is 7.96. The predicted octanol–water partition coefficient (Wildman–Crippen LogP) is 5.54. The molecule has 1 aliphatic carbocycles. The molecule has 0 nitrogen and oxygen atoms in total. The van der Waals surface area contributed by atoms with Gasteiger partial charge >= 0.3 is 0 Å². The van der Waals surface area contributed by atoms with Crippen LogP contribution in [-0.2, 0) is 12.8 Å². The Hall–Kier alpha value is -0.780. The number of hydrogen-bond acceptors (Lipinski definition) is 0. The van der Waals surface area contributed by atoms with E-state index in [1.165, 1.54) is 69.8 Å². The van der Waals surface area contributed by atoms with Crippen LogP contribution in [-0.4, -0.2) is 0 Å². The highest BCUT2D eigenvalue weighted by atomic mass is 14.2. The number of aryl methyl sites for hydroxylation is 2. The van der Waals surface area contributed by atoms with Gasteiger partial charge in [0.25, 0.3) is 0 Å². The highest BCUT2D eigenvalue weighted by molar-refractivity contribution is 5.22. The molecule has 0 unspecified atom stereocenters. The molecule has 0 radical (unpaired) electrons. The van der Waals surface area contributed by atoms with Crippen LogP contribution in [0.25, 0.3) is 0 Å². The standard InChI is InChI=1S/C18H28/c1-2-3-7-17-11-14-18(15-12-17)13-10-16-8-5-4-6-9-16/h11-12,14-16H,2-10,13H2,1H3. The molecular formula is C18H28. The SMILES string of the molecule is CCCCc1ccc(CCC2CCCCC2)cc1. The smallest absolute Gasteiger partial charge is 0.0276 e. The molecule has 1 aromatic rings. The average Bonchev–Trinajstić information content (AvgIpc) is 2.45. The van der Waals surface area contributed by atoms with Gasteiger partial charge in [0.2, 0.25) is 0 Å². The van der Waals surface area contributed by atoms with E-state index in [1.807, 2.05) is 0 Å². The maximum absolute atomic E-state index is 2.35. The summed E-state index contributed by atoms with van der Waals surface area (Å²) in [5, 5.41) is 0. The summed E-state index contributed by atoms with van der Waals surface area (Å²) in [4.78, 5) is 0. The van der Waals surface area contributed by atoms with Gasteiger partial charge in [0, 0.05) is 0 Å². The molecule has 0 bridgehead atoms. The maximum atomic E-state index is 2.35. The van der Waals surface area contributed by atoms with Gasteiger partial charge in [0.15, 0.2) is 0 Å². The maximum Gasteiger partial charge on any atom is -0.0276 e. The van der Waals surface area contributed by atoms with Gasteiger partial charge in [-0.2, -0.15) is 0 Å². The van der Waals surface area contributed by atoms with Crippen molar-refractivity contribution in [1.29, 1.82) is 0 Å². The van der Waals surface area contributed by atoms with E-state index in [4.69, 9.17) is 0 Å². The lowest BCUT2D eigenvalue weighted by Gasteiger charge is -2.21. The summed E-state index contributed by atoms with van der Waals surface area (Å²) in [6.45, 7) is 2.26. The summed E-state index contributed by atoms with van der Waals surface area (Å²) in [6.07, 6.45) is 13.9. The molecule has 0 heteroatoms. The molecule has 0 atom stereocenters. The summed E-state index contributed by atoms with van der Waals surface area (Å²) in [5.41, 5.74) is 3.05. The van der Waals surface area contributed by atoms with Gasteiger partial charge in [-0.3, -0.25) is 0 Å². The normalized spacial score (nSPS) is 16.9. The van der Waals surface area contributed by atoms with Gasteiger partial charge in [-0.25, -0.2) is 0 Å². The van der Waals surface area contributed by atoms with Crippen LogP contribution in [0, 0.1) is 5.92 Å². The van der Waals surface area contributed by atoms with Crippen molar-refractivity contribution in [1.82, 2.24) is 0 Å². The monoisotopic (exact) mass is 244 g/mol. The fraction of sp³-hybridized carbons (Fsp3) is 0.667. The molecule has 1 fully saturated rings. The van der Waals surface area contributed by atoms with E-state index in [2.05, 4.69) is 31.2 Å².